The van der Waals surface area contributed by atoms with Crippen LogP contribution in [0, 0.1) is 0 Å². The molecule has 0 aromatic rings. The van der Waals surface area contributed by atoms with Gasteiger partial charge in [0.2, 0.25) is 5.60 Å². The molecule has 2 rings (SSSR count). The summed E-state index contributed by atoms with van der Waals surface area (Å²) in [6.45, 7) is 5.68. The Kier molecular flexibility index (Phi) is 5.18. The van der Waals surface area contributed by atoms with Crippen LogP contribution < -0.4 is 0 Å². The SMILES string of the molecule is CO[C@@H](C)[C@@](O)(C(=O)OCC1=CCN2CC[C@H](O)[C@@H]12)C(C)(C)O. The molecule has 0 aromatic heterocycles. The van der Waals surface area contributed by atoms with Gasteiger partial charge in [0.15, 0.2) is 0 Å². The number of carbonyl (C=O) groups is 1. The van der Waals surface area contributed by atoms with E-state index in [1.54, 1.807) is 0 Å². The number of hydrogen-bond donors (Lipinski definition) is 3. The number of rotatable bonds is 6. The summed E-state index contributed by atoms with van der Waals surface area (Å²) in [6.07, 6.45) is 1.22. The molecule has 1 saturated heterocycles. The van der Waals surface area contributed by atoms with Crippen LogP contribution in [-0.2, 0) is 14.3 Å². The Morgan fingerprint density at radius 2 is 2.13 bits per heavy atom. The fourth-order valence-electron chi connectivity index (χ4n) is 3.37. The Morgan fingerprint density at radius 1 is 1.48 bits per heavy atom. The van der Waals surface area contributed by atoms with Gasteiger partial charge in [-0.25, -0.2) is 4.79 Å². The van der Waals surface area contributed by atoms with E-state index in [0.29, 0.717) is 6.42 Å². The standard InChI is InChI=1S/C16H27NO6/c1-10(22-4)16(21,15(2,3)20)14(19)23-9-11-5-7-17-8-6-12(18)13(11)17/h5,10,12-13,18,20-21H,6-9H2,1-4H3/t10-,12-,13+,16+/m0/s1. The first-order valence-corrected chi connectivity index (χ1v) is 7.88. The highest BCUT2D eigenvalue weighted by Crippen LogP contribution is 2.31. The molecule has 4 atom stereocenters. The summed E-state index contributed by atoms with van der Waals surface area (Å²) in [6, 6.07) is -0.127. The molecular formula is C16H27NO6. The van der Waals surface area contributed by atoms with Crippen LogP contribution >= 0.6 is 0 Å². The van der Waals surface area contributed by atoms with Gasteiger partial charge in [-0.3, -0.25) is 4.90 Å². The second kappa shape index (κ2) is 6.49. The zero-order chi connectivity index (χ0) is 17.4. The van der Waals surface area contributed by atoms with E-state index in [-0.39, 0.29) is 12.6 Å². The molecule has 0 bridgehead atoms. The Labute approximate surface area is 136 Å². The van der Waals surface area contributed by atoms with E-state index in [1.165, 1.54) is 27.9 Å². The minimum atomic E-state index is -2.19. The van der Waals surface area contributed by atoms with Gasteiger partial charge < -0.3 is 24.8 Å². The molecule has 3 N–H and O–H groups in total. The van der Waals surface area contributed by atoms with Crippen molar-refractivity contribution in [1.29, 1.82) is 0 Å². The molecule has 0 aliphatic carbocycles. The van der Waals surface area contributed by atoms with Crippen LogP contribution in [0.3, 0.4) is 0 Å². The summed E-state index contributed by atoms with van der Waals surface area (Å²) in [4.78, 5) is 14.5. The summed E-state index contributed by atoms with van der Waals surface area (Å²) >= 11 is 0. The van der Waals surface area contributed by atoms with E-state index in [9.17, 15) is 20.1 Å². The minimum Gasteiger partial charge on any atom is -0.459 e. The lowest BCUT2D eigenvalue weighted by Gasteiger charge is -2.40. The molecule has 0 amide bonds. The zero-order valence-corrected chi connectivity index (χ0v) is 14.2. The number of esters is 1. The topological polar surface area (TPSA) is 99.5 Å². The van der Waals surface area contributed by atoms with Crippen LogP contribution in [-0.4, -0.2) is 82.4 Å². The summed E-state index contributed by atoms with van der Waals surface area (Å²) in [7, 11) is 1.35. The number of fused-ring (bicyclic) bond motifs is 1. The second-order valence-electron chi connectivity index (χ2n) is 6.85. The van der Waals surface area contributed by atoms with Crippen LogP contribution in [0.5, 0.6) is 0 Å². The number of methoxy groups -OCH3 is 1. The Balaban J connectivity index is 2.06. The molecule has 2 aliphatic heterocycles. The fourth-order valence-corrected chi connectivity index (χ4v) is 3.37. The maximum Gasteiger partial charge on any atom is 0.344 e. The molecule has 1 fully saturated rings. The van der Waals surface area contributed by atoms with Gasteiger partial charge in [-0.1, -0.05) is 6.08 Å². The maximum absolute atomic E-state index is 12.4. The van der Waals surface area contributed by atoms with E-state index in [4.69, 9.17) is 9.47 Å². The lowest BCUT2D eigenvalue weighted by molar-refractivity contribution is -0.216. The van der Waals surface area contributed by atoms with E-state index < -0.39 is 29.4 Å². The first-order valence-electron chi connectivity index (χ1n) is 7.88. The van der Waals surface area contributed by atoms with Gasteiger partial charge in [0.1, 0.15) is 12.2 Å². The van der Waals surface area contributed by atoms with Gasteiger partial charge in [-0.05, 0) is 32.8 Å². The number of aliphatic hydroxyl groups is 3. The van der Waals surface area contributed by atoms with Crippen LogP contribution in [0.25, 0.3) is 0 Å². The van der Waals surface area contributed by atoms with Crippen molar-refractivity contribution < 1.29 is 29.6 Å². The molecule has 0 aromatic carbocycles. The van der Waals surface area contributed by atoms with Gasteiger partial charge in [0.05, 0.1) is 18.2 Å². The first-order chi connectivity index (χ1) is 10.6. The number of ether oxygens (including phenoxy) is 2. The fraction of sp³-hybridized carbons (Fsp3) is 0.812. The van der Waals surface area contributed by atoms with E-state index in [0.717, 1.165) is 18.7 Å². The molecule has 23 heavy (non-hydrogen) atoms. The summed E-state index contributed by atoms with van der Waals surface area (Å²) in [5.74, 6) is -0.939. The molecule has 132 valence electrons. The van der Waals surface area contributed by atoms with Gasteiger partial charge in [-0.2, -0.15) is 0 Å². The van der Waals surface area contributed by atoms with Crippen molar-refractivity contribution in [2.24, 2.45) is 0 Å². The highest BCUT2D eigenvalue weighted by atomic mass is 16.6. The number of carbonyl (C=O) groups excluding carboxylic acids is 1. The molecule has 7 nitrogen and oxygen atoms in total. The van der Waals surface area contributed by atoms with Crippen molar-refractivity contribution in [2.45, 2.75) is 56.6 Å². The zero-order valence-electron chi connectivity index (χ0n) is 14.2. The average molecular weight is 329 g/mol. The van der Waals surface area contributed by atoms with Crippen LogP contribution in [0.1, 0.15) is 27.2 Å². The molecule has 2 aliphatic rings. The maximum atomic E-state index is 12.4. The van der Waals surface area contributed by atoms with Crippen LogP contribution in [0.15, 0.2) is 11.6 Å². The lowest BCUT2D eigenvalue weighted by atomic mass is 9.81. The van der Waals surface area contributed by atoms with Crippen molar-refractivity contribution in [3.63, 3.8) is 0 Å². The third kappa shape index (κ3) is 3.16. The third-order valence-corrected chi connectivity index (χ3v) is 4.99. The van der Waals surface area contributed by atoms with Crippen molar-refractivity contribution in [1.82, 2.24) is 4.90 Å². The highest BCUT2D eigenvalue weighted by molar-refractivity contribution is 5.82. The van der Waals surface area contributed by atoms with Crippen molar-refractivity contribution in [3.05, 3.63) is 11.6 Å². The van der Waals surface area contributed by atoms with Gasteiger partial charge >= 0.3 is 5.97 Å². The van der Waals surface area contributed by atoms with E-state index in [2.05, 4.69) is 4.90 Å². The molecular weight excluding hydrogens is 302 g/mol. The molecule has 2 heterocycles. The van der Waals surface area contributed by atoms with Gasteiger partial charge in [0.25, 0.3) is 0 Å². The molecule has 7 heteroatoms. The normalized spacial score (nSPS) is 28.9. The van der Waals surface area contributed by atoms with Gasteiger partial charge in [-0.15, -0.1) is 0 Å². The molecule has 0 unspecified atom stereocenters. The monoisotopic (exact) mass is 329 g/mol. The number of hydrogen-bond acceptors (Lipinski definition) is 7. The predicted molar refractivity (Wildman–Crippen MR) is 82.7 cm³/mol. The van der Waals surface area contributed by atoms with Crippen molar-refractivity contribution in [3.8, 4) is 0 Å². The molecule has 0 spiro atoms. The number of nitrogens with zero attached hydrogens (tertiary/aromatic N) is 1. The largest absolute Gasteiger partial charge is 0.459 e. The summed E-state index contributed by atoms with van der Waals surface area (Å²) in [5.41, 5.74) is -3.09. The Hall–Kier alpha value is -0.990. The quantitative estimate of drug-likeness (QED) is 0.444. The number of aliphatic hydroxyl groups excluding tert-OH is 1. The van der Waals surface area contributed by atoms with Gasteiger partial charge in [0, 0.05) is 20.2 Å². The second-order valence-corrected chi connectivity index (χ2v) is 6.85. The van der Waals surface area contributed by atoms with Crippen LogP contribution in [0.4, 0.5) is 0 Å². The molecule has 0 radical (unpaired) electrons. The Morgan fingerprint density at radius 3 is 2.70 bits per heavy atom. The average Bonchev–Trinajstić information content (AvgIpc) is 3.05. The highest BCUT2D eigenvalue weighted by Gasteiger charge is 2.55. The molecule has 0 saturated carbocycles. The van der Waals surface area contributed by atoms with Crippen molar-refractivity contribution in [2.75, 3.05) is 26.8 Å². The third-order valence-electron chi connectivity index (χ3n) is 4.99. The summed E-state index contributed by atoms with van der Waals surface area (Å²) < 4.78 is 10.3. The first kappa shape index (κ1) is 18.4. The van der Waals surface area contributed by atoms with Crippen LogP contribution in [0.2, 0.25) is 0 Å². The lowest BCUT2D eigenvalue weighted by Crippen LogP contribution is -2.63. The van der Waals surface area contributed by atoms with E-state index >= 15 is 0 Å². The smallest absolute Gasteiger partial charge is 0.344 e. The predicted octanol–water partition coefficient (Wildman–Crippen LogP) is -0.558. The minimum absolute atomic E-state index is 0.0219. The van der Waals surface area contributed by atoms with E-state index in [1.807, 2.05) is 6.08 Å². The summed E-state index contributed by atoms with van der Waals surface area (Å²) in [5, 5.41) is 30.9. The van der Waals surface area contributed by atoms with Crippen molar-refractivity contribution >= 4 is 5.97 Å². The Bertz CT molecular complexity index is 485.